The van der Waals surface area contributed by atoms with E-state index >= 15 is 0 Å². The maximum atomic E-state index is 12.6. The molecule has 1 saturated heterocycles. The van der Waals surface area contributed by atoms with Gasteiger partial charge in [0.1, 0.15) is 0 Å². The topological polar surface area (TPSA) is 69.6 Å². The fourth-order valence-electron chi connectivity index (χ4n) is 3.15. The van der Waals surface area contributed by atoms with Crippen molar-refractivity contribution in [3.05, 3.63) is 16.1 Å². The van der Waals surface area contributed by atoms with Crippen LogP contribution in [0.4, 0.5) is 13.2 Å². The molecule has 1 aromatic rings. The summed E-state index contributed by atoms with van der Waals surface area (Å²) >= 11 is 1.01. The lowest BCUT2D eigenvalue weighted by molar-refractivity contribution is -0.140. The molecule has 0 radical (unpaired) electrons. The summed E-state index contributed by atoms with van der Waals surface area (Å²) in [4.78, 5) is 22.0. The molecule has 1 unspecified atom stereocenters. The molecule has 0 spiro atoms. The van der Waals surface area contributed by atoms with E-state index in [9.17, 15) is 18.0 Å². The molecule has 10 heteroatoms. The Morgan fingerprint density at radius 2 is 2.18 bits per heavy atom. The second kappa shape index (κ2) is 10.6. The third-order valence-corrected chi connectivity index (χ3v) is 5.48. The van der Waals surface area contributed by atoms with Crippen molar-refractivity contribution in [3.63, 3.8) is 0 Å². The van der Waals surface area contributed by atoms with E-state index in [0.717, 1.165) is 42.5 Å². The Kier molecular flexibility index (Phi) is 8.53. The predicted octanol–water partition coefficient (Wildman–Crippen LogP) is 3.05. The zero-order valence-corrected chi connectivity index (χ0v) is 17.1. The molecule has 2 rings (SSSR count). The van der Waals surface area contributed by atoms with Crippen LogP contribution in [0.1, 0.15) is 50.2 Å². The molecule has 1 amide bonds. The van der Waals surface area contributed by atoms with Crippen LogP contribution in [0, 0.1) is 0 Å². The van der Waals surface area contributed by atoms with Crippen molar-refractivity contribution in [2.75, 3.05) is 26.2 Å². The predicted molar refractivity (Wildman–Crippen MR) is 104 cm³/mol. The normalized spacial score (nSPS) is 16.5. The number of hydrogen-bond acceptors (Lipinski definition) is 4. The van der Waals surface area contributed by atoms with E-state index in [1.807, 2.05) is 11.8 Å². The lowest BCUT2D eigenvalue weighted by Crippen LogP contribution is -2.39. The van der Waals surface area contributed by atoms with Crippen molar-refractivity contribution in [1.29, 1.82) is 0 Å². The molecule has 1 fully saturated rings. The van der Waals surface area contributed by atoms with Crippen LogP contribution in [0.5, 0.6) is 0 Å². The number of carbonyl (C=O) groups is 1. The van der Waals surface area contributed by atoms with Crippen molar-refractivity contribution < 1.29 is 18.0 Å². The average Bonchev–Trinajstić information content (AvgIpc) is 3.28. The third kappa shape index (κ3) is 6.65. The third-order valence-electron chi connectivity index (χ3n) is 4.57. The molecule has 0 aliphatic carbocycles. The molecule has 1 aliphatic heterocycles. The van der Waals surface area contributed by atoms with Gasteiger partial charge in [-0.25, -0.2) is 4.98 Å². The van der Waals surface area contributed by atoms with Crippen LogP contribution in [-0.2, 0) is 17.4 Å². The zero-order chi connectivity index (χ0) is 20.6. The Bertz CT molecular complexity index is 662. The van der Waals surface area contributed by atoms with Crippen LogP contribution >= 0.6 is 11.3 Å². The SMILES string of the molecule is CCNC(=NCCC(CC)N1CCCC1=O)NCCc1nc(C(F)(F)F)cs1. The Morgan fingerprint density at radius 1 is 1.39 bits per heavy atom. The van der Waals surface area contributed by atoms with Crippen molar-refractivity contribution in [1.82, 2.24) is 20.5 Å². The van der Waals surface area contributed by atoms with Gasteiger partial charge in [0.05, 0.1) is 5.01 Å². The molecule has 0 bridgehead atoms. The largest absolute Gasteiger partial charge is 0.434 e. The summed E-state index contributed by atoms with van der Waals surface area (Å²) < 4.78 is 37.8. The number of likely N-dealkylation sites (tertiary alicyclic amines) is 1. The number of hydrogen-bond donors (Lipinski definition) is 2. The van der Waals surface area contributed by atoms with E-state index in [2.05, 4.69) is 27.5 Å². The molecule has 1 aliphatic rings. The van der Waals surface area contributed by atoms with Crippen molar-refractivity contribution >= 4 is 23.2 Å². The molecule has 158 valence electrons. The number of nitrogens with one attached hydrogen (secondary N) is 2. The summed E-state index contributed by atoms with van der Waals surface area (Å²) in [5, 5.41) is 7.74. The van der Waals surface area contributed by atoms with Gasteiger partial charge in [-0.05, 0) is 26.2 Å². The van der Waals surface area contributed by atoms with Gasteiger partial charge in [0.25, 0.3) is 0 Å². The Hall–Kier alpha value is -1.84. The van der Waals surface area contributed by atoms with Crippen molar-refractivity contribution in [2.45, 2.75) is 58.2 Å². The first-order valence-corrected chi connectivity index (χ1v) is 10.6. The van der Waals surface area contributed by atoms with Crippen LogP contribution in [0.3, 0.4) is 0 Å². The molecule has 2 heterocycles. The molecule has 1 atom stereocenters. The molecule has 28 heavy (non-hydrogen) atoms. The number of carbonyl (C=O) groups excluding carboxylic acids is 1. The van der Waals surface area contributed by atoms with E-state index in [1.54, 1.807) is 0 Å². The Morgan fingerprint density at radius 3 is 2.75 bits per heavy atom. The summed E-state index contributed by atoms with van der Waals surface area (Å²) in [7, 11) is 0. The fourth-order valence-corrected chi connectivity index (χ4v) is 3.95. The van der Waals surface area contributed by atoms with Gasteiger partial charge in [0.15, 0.2) is 11.7 Å². The number of aromatic nitrogens is 1. The molecule has 0 aromatic carbocycles. The van der Waals surface area contributed by atoms with Gasteiger partial charge in [-0.2, -0.15) is 13.2 Å². The van der Waals surface area contributed by atoms with Crippen LogP contribution in [0.25, 0.3) is 0 Å². The highest BCUT2D eigenvalue weighted by atomic mass is 32.1. The van der Waals surface area contributed by atoms with Gasteiger partial charge in [-0.1, -0.05) is 6.92 Å². The zero-order valence-electron chi connectivity index (χ0n) is 16.3. The summed E-state index contributed by atoms with van der Waals surface area (Å²) in [5.41, 5.74) is -0.838. The number of aliphatic imine (C=N–C) groups is 1. The first-order valence-electron chi connectivity index (χ1n) is 9.68. The minimum Gasteiger partial charge on any atom is -0.357 e. The highest BCUT2D eigenvalue weighted by Crippen LogP contribution is 2.30. The molecule has 1 aromatic heterocycles. The van der Waals surface area contributed by atoms with Crippen LogP contribution in [0.15, 0.2) is 10.4 Å². The number of guanidine groups is 1. The quantitative estimate of drug-likeness (QED) is 0.477. The number of amides is 1. The van der Waals surface area contributed by atoms with Gasteiger partial charge in [0.2, 0.25) is 5.91 Å². The minimum atomic E-state index is -4.40. The number of alkyl halides is 3. The van der Waals surface area contributed by atoms with Crippen LogP contribution in [-0.4, -0.2) is 54.0 Å². The smallest absolute Gasteiger partial charge is 0.357 e. The number of rotatable bonds is 9. The van der Waals surface area contributed by atoms with E-state index in [4.69, 9.17) is 0 Å². The van der Waals surface area contributed by atoms with Gasteiger partial charge >= 0.3 is 6.18 Å². The minimum absolute atomic E-state index is 0.206. The summed E-state index contributed by atoms with van der Waals surface area (Å²) in [6, 6.07) is 0.206. The monoisotopic (exact) mass is 419 g/mol. The maximum Gasteiger partial charge on any atom is 0.434 e. The van der Waals surface area contributed by atoms with Crippen molar-refractivity contribution in [3.8, 4) is 0 Å². The molecular formula is C18H28F3N5OS. The highest BCUT2D eigenvalue weighted by Gasteiger charge is 2.33. The lowest BCUT2D eigenvalue weighted by Gasteiger charge is -2.26. The molecule has 2 N–H and O–H groups in total. The summed E-state index contributed by atoms with van der Waals surface area (Å²) in [6.45, 7) is 6.56. The van der Waals surface area contributed by atoms with E-state index < -0.39 is 11.9 Å². The second-order valence-electron chi connectivity index (χ2n) is 6.60. The Labute approximate surface area is 167 Å². The van der Waals surface area contributed by atoms with E-state index in [0.29, 0.717) is 43.4 Å². The standard InChI is InChI=1S/C18H28F3N5OS/c1-3-13(26-11-5-6-16(26)27)7-9-23-17(22-4-2)24-10-8-15-25-14(12-28-15)18(19,20)21/h12-13H,3-11H2,1-2H3,(H2,22,23,24). The van der Waals surface area contributed by atoms with E-state index in [-0.39, 0.29) is 11.9 Å². The second-order valence-corrected chi connectivity index (χ2v) is 7.55. The van der Waals surface area contributed by atoms with Crippen LogP contribution in [0.2, 0.25) is 0 Å². The number of nitrogens with zero attached hydrogens (tertiary/aromatic N) is 3. The van der Waals surface area contributed by atoms with E-state index in [1.165, 1.54) is 0 Å². The highest BCUT2D eigenvalue weighted by molar-refractivity contribution is 7.09. The number of thiazole rings is 1. The summed E-state index contributed by atoms with van der Waals surface area (Å²) in [5.74, 6) is 0.847. The van der Waals surface area contributed by atoms with Crippen LogP contribution < -0.4 is 10.6 Å². The Balaban J connectivity index is 1.81. The average molecular weight is 420 g/mol. The van der Waals surface area contributed by atoms with Gasteiger partial charge in [-0.15, -0.1) is 11.3 Å². The molecule has 6 nitrogen and oxygen atoms in total. The maximum absolute atomic E-state index is 12.6. The first-order chi connectivity index (χ1) is 13.3. The molecular weight excluding hydrogens is 391 g/mol. The van der Waals surface area contributed by atoms with Gasteiger partial charge < -0.3 is 15.5 Å². The fraction of sp³-hybridized carbons (Fsp3) is 0.722. The number of halogens is 3. The molecule has 0 saturated carbocycles. The lowest BCUT2D eigenvalue weighted by atomic mass is 10.1. The van der Waals surface area contributed by atoms with Gasteiger partial charge in [-0.3, -0.25) is 9.79 Å². The van der Waals surface area contributed by atoms with Gasteiger partial charge in [0, 0.05) is 50.4 Å². The van der Waals surface area contributed by atoms with Crippen molar-refractivity contribution in [2.24, 2.45) is 4.99 Å². The first kappa shape index (κ1) is 22.4. The summed E-state index contributed by atoms with van der Waals surface area (Å²) in [6.07, 6.45) is -0.750.